The maximum Gasteiger partial charge on any atom is 0.246 e. The number of likely N-dealkylation sites (tertiary alicyclic amines) is 1. The van der Waals surface area contributed by atoms with Crippen LogP contribution in [0.1, 0.15) is 32.1 Å². The number of hydrogen-bond acceptors (Lipinski definition) is 6. The van der Waals surface area contributed by atoms with Crippen molar-refractivity contribution in [1.29, 1.82) is 0 Å². The first-order valence-corrected chi connectivity index (χ1v) is 11.2. The molecule has 2 aliphatic heterocycles. The van der Waals surface area contributed by atoms with E-state index >= 15 is 0 Å². The molecule has 9 heteroatoms. The van der Waals surface area contributed by atoms with Gasteiger partial charge in [0, 0.05) is 25.3 Å². The van der Waals surface area contributed by atoms with Crippen molar-refractivity contribution in [2.75, 3.05) is 45.2 Å². The Labute approximate surface area is 166 Å². The van der Waals surface area contributed by atoms with Crippen molar-refractivity contribution in [3.63, 3.8) is 0 Å². The van der Waals surface area contributed by atoms with Crippen LogP contribution in [0.2, 0.25) is 0 Å². The summed E-state index contributed by atoms with van der Waals surface area (Å²) in [6, 6.07) is 4.67. The summed E-state index contributed by atoms with van der Waals surface area (Å²) < 4.78 is 32.9. The highest BCUT2D eigenvalue weighted by molar-refractivity contribution is 7.89. The minimum atomic E-state index is -3.68. The number of aliphatic hydroxyl groups is 1. The molecule has 0 aliphatic carbocycles. The van der Waals surface area contributed by atoms with Gasteiger partial charge in [0.15, 0.2) is 0 Å². The summed E-state index contributed by atoms with van der Waals surface area (Å²) in [5.41, 5.74) is 0.416. The molecule has 0 radical (unpaired) electrons. The molecule has 28 heavy (non-hydrogen) atoms. The highest BCUT2D eigenvalue weighted by Gasteiger charge is 2.29. The van der Waals surface area contributed by atoms with Gasteiger partial charge < -0.3 is 15.2 Å². The van der Waals surface area contributed by atoms with E-state index in [0.29, 0.717) is 25.3 Å². The summed E-state index contributed by atoms with van der Waals surface area (Å²) in [4.78, 5) is 14.4. The van der Waals surface area contributed by atoms with Gasteiger partial charge in [-0.15, -0.1) is 0 Å². The molecule has 2 fully saturated rings. The fraction of sp³-hybridized carbons (Fsp3) is 0.632. The Bertz CT molecular complexity index is 793. The van der Waals surface area contributed by atoms with Crippen LogP contribution in [-0.4, -0.2) is 74.6 Å². The van der Waals surface area contributed by atoms with E-state index in [4.69, 9.17) is 4.74 Å². The Morgan fingerprint density at radius 2 is 1.96 bits per heavy atom. The predicted octanol–water partition coefficient (Wildman–Crippen LogP) is 1.26. The van der Waals surface area contributed by atoms with Gasteiger partial charge in [-0.3, -0.25) is 9.69 Å². The lowest BCUT2D eigenvalue weighted by Crippen LogP contribution is -2.42. The van der Waals surface area contributed by atoms with E-state index in [1.165, 1.54) is 17.5 Å². The van der Waals surface area contributed by atoms with Crippen LogP contribution in [0.3, 0.4) is 0 Å². The fourth-order valence-corrected chi connectivity index (χ4v) is 5.48. The molecular weight excluding hydrogens is 382 g/mol. The molecule has 1 unspecified atom stereocenters. The second-order valence-electron chi connectivity index (χ2n) is 7.41. The van der Waals surface area contributed by atoms with E-state index in [9.17, 15) is 18.3 Å². The SMILES string of the molecule is COc1ccc(NC(=O)CN2CCCC(O)C2)cc1S(=O)(=O)N1CCCCC1. The maximum atomic E-state index is 13.1. The van der Waals surface area contributed by atoms with Crippen molar-refractivity contribution in [3.8, 4) is 5.75 Å². The number of nitrogens with one attached hydrogen (secondary N) is 1. The molecule has 1 atom stereocenters. The average molecular weight is 412 g/mol. The topological polar surface area (TPSA) is 99.2 Å². The van der Waals surface area contributed by atoms with Crippen LogP contribution in [0, 0.1) is 0 Å². The molecule has 156 valence electrons. The molecule has 3 rings (SSSR count). The molecule has 1 aromatic rings. The van der Waals surface area contributed by atoms with Crippen LogP contribution in [0.5, 0.6) is 5.75 Å². The number of carbonyl (C=O) groups excluding carboxylic acids is 1. The Balaban J connectivity index is 1.74. The second-order valence-corrected chi connectivity index (χ2v) is 9.32. The van der Waals surface area contributed by atoms with Gasteiger partial charge in [0.2, 0.25) is 15.9 Å². The van der Waals surface area contributed by atoms with E-state index in [0.717, 1.165) is 38.6 Å². The van der Waals surface area contributed by atoms with Crippen LogP contribution in [0.25, 0.3) is 0 Å². The van der Waals surface area contributed by atoms with E-state index < -0.39 is 16.1 Å². The number of anilines is 1. The summed E-state index contributed by atoms with van der Waals surface area (Å²) >= 11 is 0. The van der Waals surface area contributed by atoms with Gasteiger partial charge in [0.05, 0.1) is 19.8 Å². The largest absolute Gasteiger partial charge is 0.495 e. The number of benzene rings is 1. The molecule has 2 aliphatic rings. The molecular formula is C19H29N3O5S. The number of sulfonamides is 1. The Morgan fingerprint density at radius 1 is 1.21 bits per heavy atom. The number of nitrogens with zero attached hydrogens (tertiary/aromatic N) is 2. The number of hydrogen-bond donors (Lipinski definition) is 2. The zero-order valence-corrected chi connectivity index (χ0v) is 17.1. The molecule has 8 nitrogen and oxygen atoms in total. The highest BCUT2D eigenvalue weighted by Crippen LogP contribution is 2.31. The van der Waals surface area contributed by atoms with Crippen LogP contribution in [0.15, 0.2) is 23.1 Å². The van der Waals surface area contributed by atoms with Gasteiger partial charge in [-0.05, 0) is 50.4 Å². The van der Waals surface area contributed by atoms with Crippen LogP contribution in [-0.2, 0) is 14.8 Å². The number of ether oxygens (including phenoxy) is 1. The van der Waals surface area contributed by atoms with Gasteiger partial charge in [-0.25, -0.2) is 8.42 Å². The van der Waals surface area contributed by atoms with Crippen molar-refractivity contribution in [3.05, 3.63) is 18.2 Å². The molecule has 2 saturated heterocycles. The molecule has 0 bridgehead atoms. The lowest BCUT2D eigenvalue weighted by Gasteiger charge is -2.29. The zero-order chi connectivity index (χ0) is 20.1. The van der Waals surface area contributed by atoms with Gasteiger partial charge in [-0.1, -0.05) is 6.42 Å². The molecule has 2 heterocycles. The van der Waals surface area contributed by atoms with E-state index in [-0.39, 0.29) is 23.1 Å². The van der Waals surface area contributed by atoms with E-state index in [1.54, 1.807) is 12.1 Å². The first-order valence-electron chi connectivity index (χ1n) is 9.78. The summed E-state index contributed by atoms with van der Waals surface area (Å²) in [5.74, 6) is 0.0308. The second kappa shape index (κ2) is 9.21. The maximum absolute atomic E-state index is 13.1. The number of amides is 1. The molecule has 1 aromatic carbocycles. The summed E-state index contributed by atoms with van der Waals surface area (Å²) in [5, 5.41) is 12.5. The normalized spacial score (nSPS) is 22.0. The zero-order valence-electron chi connectivity index (χ0n) is 16.3. The number of piperidine rings is 2. The molecule has 0 aromatic heterocycles. The van der Waals surface area contributed by atoms with Gasteiger partial charge in [0.25, 0.3) is 0 Å². The first kappa shape index (κ1) is 21.0. The molecule has 2 N–H and O–H groups in total. The van der Waals surface area contributed by atoms with E-state index in [1.807, 2.05) is 4.90 Å². The minimum Gasteiger partial charge on any atom is -0.495 e. The Hall–Kier alpha value is -1.68. The monoisotopic (exact) mass is 411 g/mol. The average Bonchev–Trinajstić information content (AvgIpc) is 2.68. The Morgan fingerprint density at radius 3 is 2.64 bits per heavy atom. The van der Waals surface area contributed by atoms with Crippen molar-refractivity contribution in [2.24, 2.45) is 0 Å². The van der Waals surface area contributed by atoms with Crippen molar-refractivity contribution < 1.29 is 23.1 Å². The fourth-order valence-electron chi connectivity index (χ4n) is 3.78. The minimum absolute atomic E-state index is 0.0723. The summed E-state index contributed by atoms with van der Waals surface area (Å²) in [6.07, 6.45) is 3.94. The van der Waals surface area contributed by atoms with E-state index in [2.05, 4.69) is 5.32 Å². The lowest BCUT2D eigenvalue weighted by molar-refractivity contribution is -0.118. The van der Waals surface area contributed by atoms with Crippen molar-refractivity contribution in [2.45, 2.75) is 43.1 Å². The quantitative estimate of drug-likeness (QED) is 0.731. The molecule has 0 spiro atoms. The number of methoxy groups -OCH3 is 1. The third-order valence-electron chi connectivity index (χ3n) is 5.23. The number of rotatable bonds is 6. The number of aliphatic hydroxyl groups excluding tert-OH is 1. The summed E-state index contributed by atoms with van der Waals surface area (Å²) in [6.45, 7) is 2.41. The van der Waals surface area contributed by atoms with Gasteiger partial charge in [0.1, 0.15) is 10.6 Å². The number of β-amino-alcohol motifs (C(OH)–C–C–N with tert-alkyl or cyclic N) is 1. The smallest absolute Gasteiger partial charge is 0.246 e. The third kappa shape index (κ3) is 5.02. The van der Waals surface area contributed by atoms with Crippen molar-refractivity contribution in [1.82, 2.24) is 9.21 Å². The highest BCUT2D eigenvalue weighted by atomic mass is 32.2. The lowest BCUT2D eigenvalue weighted by atomic mass is 10.1. The van der Waals surface area contributed by atoms with Crippen molar-refractivity contribution >= 4 is 21.6 Å². The Kier molecular flexibility index (Phi) is 6.92. The van der Waals surface area contributed by atoms with Gasteiger partial charge in [-0.2, -0.15) is 4.31 Å². The van der Waals surface area contributed by atoms with Crippen LogP contribution < -0.4 is 10.1 Å². The van der Waals surface area contributed by atoms with Crippen LogP contribution >= 0.6 is 0 Å². The number of carbonyl (C=O) groups is 1. The molecule has 1 amide bonds. The predicted molar refractivity (Wildman–Crippen MR) is 106 cm³/mol. The first-order chi connectivity index (χ1) is 13.4. The van der Waals surface area contributed by atoms with Gasteiger partial charge >= 0.3 is 0 Å². The third-order valence-corrected chi connectivity index (χ3v) is 7.15. The summed E-state index contributed by atoms with van der Waals surface area (Å²) in [7, 11) is -2.25. The molecule has 0 saturated carbocycles. The standard InChI is InChI=1S/C19H29N3O5S/c1-27-17-8-7-15(20-19(24)14-21-9-5-6-16(23)13-21)12-18(17)28(25,26)22-10-3-2-4-11-22/h7-8,12,16,23H,2-6,9-11,13-14H2,1H3,(H,20,24). The van der Waals surface area contributed by atoms with Crippen LogP contribution in [0.4, 0.5) is 5.69 Å².